The number of furan rings is 1. The van der Waals surface area contributed by atoms with Gasteiger partial charge in [0.05, 0.1) is 18.3 Å². The molecule has 1 unspecified atom stereocenters. The van der Waals surface area contributed by atoms with Crippen LogP contribution >= 0.6 is 0 Å². The maximum absolute atomic E-state index is 13.8. The summed E-state index contributed by atoms with van der Waals surface area (Å²) in [6.07, 6.45) is 5.40. The third kappa shape index (κ3) is 4.57. The molecule has 8 heteroatoms. The lowest BCUT2D eigenvalue weighted by molar-refractivity contribution is -0.144. The van der Waals surface area contributed by atoms with Crippen molar-refractivity contribution in [1.82, 2.24) is 25.2 Å². The molecule has 1 saturated carbocycles. The molecular weight excluding hydrogens is 430 g/mol. The molecule has 0 aliphatic heterocycles. The molecule has 2 aromatic carbocycles. The molecule has 2 aromatic heterocycles. The van der Waals surface area contributed by atoms with Crippen LogP contribution in [0, 0.1) is 0 Å². The fourth-order valence-corrected chi connectivity index (χ4v) is 4.74. The fourth-order valence-electron chi connectivity index (χ4n) is 4.74. The average Bonchev–Trinajstić information content (AvgIpc) is 3.64. The van der Waals surface area contributed by atoms with E-state index in [-0.39, 0.29) is 30.9 Å². The number of carbonyl (C=O) groups is 2. The van der Waals surface area contributed by atoms with Gasteiger partial charge < -0.3 is 14.6 Å². The number of fused-ring (bicyclic) bond motifs is 1. The molecule has 34 heavy (non-hydrogen) atoms. The summed E-state index contributed by atoms with van der Waals surface area (Å²) in [5.74, 6) is 0.281. The number of hydrogen-bond donors (Lipinski definition) is 1. The molecule has 2 amide bonds. The molecule has 1 N–H and O–H groups in total. The van der Waals surface area contributed by atoms with E-state index >= 15 is 0 Å². The zero-order chi connectivity index (χ0) is 23.3. The van der Waals surface area contributed by atoms with E-state index in [0.717, 1.165) is 42.3 Å². The summed E-state index contributed by atoms with van der Waals surface area (Å²) in [6.45, 7) is 0.279. The first-order chi connectivity index (χ1) is 16.7. The Morgan fingerprint density at radius 3 is 2.56 bits per heavy atom. The molecule has 8 nitrogen and oxygen atoms in total. The molecule has 0 bridgehead atoms. The van der Waals surface area contributed by atoms with Gasteiger partial charge in [0.15, 0.2) is 0 Å². The average molecular weight is 458 g/mol. The second-order valence-corrected chi connectivity index (χ2v) is 8.59. The van der Waals surface area contributed by atoms with Crippen molar-refractivity contribution in [2.45, 2.75) is 50.9 Å². The van der Waals surface area contributed by atoms with E-state index in [1.807, 2.05) is 60.7 Å². The summed E-state index contributed by atoms with van der Waals surface area (Å²) >= 11 is 0. The minimum Gasteiger partial charge on any atom is -0.467 e. The number of rotatable bonds is 8. The van der Waals surface area contributed by atoms with E-state index in [9.17, 15) is 9.59 Å². The summed E-state index contributed by atoms with van der Waals surface area (Å²) in [5, 5.41) is 11.3. The fraction of sp³-hybridized carbons (Fsp3) is 0.308. The van der Waals surface area contributed by atoms with Gasteiger partial charge in [-0.25, -0.2) is 4.68 Å². The highest BCUT2D eigenvalue weighted by Crippen LogP contribution is 2.32. The van der Waals surface area contributed by atoms with Crippen LogP contribution in [0.25, 0.3) is 11.0 Å². The van der Waals surface area contributed by atoms with E-state index in [4.69, 9.17) is 4.42 Å². The Balaban J connectivity index is 1.47. The molecule has 1 aliphatic carbocycles. The van der Waals surface area contributed by atoms with Crippen LogP contribution in [0.5, 0.6) is 0 Å². The van der Waals surface area contributed by atoms with Crippen LogP contribution in [-0.2, 0) is 22.7 Å². The van der Waals surface area contributed by atoms with Crippen molar-refractivity contribution in [1.29, 1.82) is 0 Å². The smallest absolute Gasteiger partial charge is 0.247 e. The van der Waals surface area contributed by atoms with Gasteiger partial charge in [-0.1, -0.05) is 60.5 Å². The summed E-state index contributed by atoms with van der Waals surface area (Å²) < 4.78 is 6.99. The predicted octanol–water partition coefficient (Wildman–Crippen LogP) is 3.85. The van der Waals surface area contributed by atoms with Crippen molar-refractivity contribution >= 4 is 22.8 Å². The van der Waals surface area contributed by atoms with Gasteiger partial charge >= 0.3 is 0 Å². The van der Waals surface area contributed by atoms with E-state index < -0.39 is 6.04 Å². The number of aromatic nitrogens is 3. The topological polar surface area (TPSA) is 93.3 Å². The van der Waals surface area contributed by atoms with Crippen LogP contribution in [0.1, 0.15) is 43.0 Å². The van der Waals surface area contributed by atoms with Crippen LogP contribution in [0.3, 0.4) is 0 Å². The molecule has 2 heterocycles. The normalized spacial score (nSPS) is 14.8. The number of carbonyl (C=O) groups excluding carboxylic acids is 2. The molecule has 0 radical (unpaired) electrons. The number of para-hydroxylation sites is 1. The van der Waals surface area contributed by atoms with Crippen molar-refractivity contribution < 1.29 is 14.0 Å². The van der Waals surface area contributed by atoms with Crippen LogP contribution in [0.4, 0.5) is 0 Å². The zero-order valence-corrected chi connectivity index (χ0v) is 18.8. The molecule has 4 aromatic rings. The molecule has 174 valence electrons. The Morgan fingerprint density at radius 2 is 1.79 bits per heavy atom. The van der Waals surface area contributed by atoms with E-state index in [2.05, 4.69) is 15.6 Å². The first kappa shape index (κ1) is 21.9. The highest BCUT2D eigenvalue weighted by molar-refractivity contribution is 5.89. The SMILES string of the molecule is O=C(NCc1ccco1)C(c1ccccc1)N(C(=O)Cn1nnc2ccccc21)C1CCCC1. The largest absolute Gasteiger partial charge is 0.467 e. The van der Waals surface area contributed by atoms with Crippen molar-refractivity contribution in [2.24, 2.45) is 0 Å². The lowest BCUT2D eigenvalue weighted by Gasteiger charge is -2.36. The molecular formula is C26H27N5O3. The van der Waals surface area contributed by atoms with Crippen molar-refractivity contribution in [3.8, 4) is 0 Å². The third-order valence-corrected chi connectivity index (χ3v) is 6.37. The van der Waals surface area contributed by atoms with E-state index in [0.29, 0.717) is 5.76 Å². The molecule has 5 rings (SSSR count). The third-order valence-electron chi connectivity index (χ3n) is 6.37. The van der Waals surface area contributed by atoms with Gasteiger partial charge in [-0.05, 0) is 42.7 Å². The van der Waals surface area contributed by atoms with Gasteiger partial charge in [0.25, 0.3) is 0 Å². The quantitative estimate of drug-likeness (QED) is 0.434. The zero-order valence-electron chi connectivity index (χ0n) is 18.8. The molecule has 1 fully saturated rings. The van der Waals surface area contributed by atoms with Gasteiger partial charge in [0, 0.05) is 6.04 Å². The van der Waals surface area contributed by atoms with Gasteiger partial charge in [-0.3, -0.25) is 9.59 Å². The minimum absolute atomic E-state index is 0.0122. The van der Waals surface area contributed by atoms with Crippen LogP contribution in [-0.4, -0.2) is 37.7 Å². The standard InChI is InChI=1S/C26H27N5O3/c32-24(18-30-23-15-7-6-14-22(23)28-29-30)31(20-11-4-5-12-20)25(19-9-2-1-3-10-19)26(33)27-17-21-13-8-16-34-21/h1-3,6-10,13-16,20,25H,4-5,11-12,17-18H2,(H,27,33). The molecule has 0 saturated heterocycles. The van der Waals surface area contributed by atoms with Crippen molar-refractivity contribution in [3.05, 3.63) is 84.3 Å². The molecule has 1 atom stereocenters. The Labute approximate surface area is 197 Å². The maximum atomic E-state index is 13.8. The lowest BCUT2D eigenvalue weighted by atomic mass is 10.0. The number of hydrogen-bond acceptors (Lipinski definition) is 5. The van der Waals surface area contributed by atoms with Gasteiger partial charge in [0.2, 0.25) is 11.8 Å². The van der Waals surface area contributed by atoms with Crippen molar-refractivity contribution in [2.75, 3.05) is 0 Å². The van der Waals surface area contributed by atoms with E-state index in [1.165, 1.54) is 0 Å². The Hall–Kier alpha value is -3.94. The summed E-state index contributed by atoms with van der Waals surface area (Å²) in [5.41, 5.74) is 2.31. The van der Waals surface area contributed by atoms with Crippen LogP contribution < -0.4 is 5.32 Å². The van der Waals surface area contributed by atoms with Crippen LogP contribution in [0.2, 0.25) is 0 Å². The Bertz CT molecular complexity index is 1250. The second kappa shape index (κ2) is 9.91. The first-order valence-electron chi connectivity index (χ1n) is 11.6. The minimum atomic E-state index is -0.749. The summed E-state index contributed by atoms with van der Waals surface area (Å²) in [6, 6.07) is 19.9. The monoisotopic (exact) mass is 457 g/mol. The Morgan fingerprint density at radius 1 is 1.03 bits per heavy atom. The number of nitrogens with zero attached hydrogens (tertiary/aromatic N) is 4. The molecule has 0 spiro atoms. The highest BCUT2D eigenvalue weighted by Gasteiger charge is 2.37. The number of nitrogens with one attached hydrogen (secondary N) is 1. The molecule has 1 aliphatic rings. The number of amides is 2. The second-order valence-electron chi connectivity index (χ2n) is 8.59. The first-order valence-corrected chi connectivity index (χ1v) is 11.6. The van der Waals surface area contributed by atoms with Gasteiger partial charge in [0.1, 0.15) is 23.9 Å². The van der Waals surface area contributed by atoms with Gasteiger partial charge in [-0.15, -0.1) is 5.10 Å². The number of benzene rings is 2. The maximum Gasteiger partial charge on any atom is 0.247 e. The van der Waals surface area contributed by atoms with E-state index in [1.54, 1.807) is 21.9 Å². The summed E-state index contributed by atoms with van der Waals surface area (Å²) in [4.78, 5) is 29.2. The lowest BCUT2D eigenvalue weighted by Crippen LogP contribution is -2.49. The van der Waals surface area contributed by atoms with Crippen LogP contribution in [0.15, 0.2) is 77.4 Å². The van der Waals surface area contributed by atoms with Gasteiger partial charge in [-0.2, -0.15) is 0 Å². The Kier molecular flexibility index (Phi) is 6.38. The highest BCUT2D eigenvalue weighted by atomic mass is 16.3. The summed E-state index contributed by atoms with van der Waals surface area (Å²) in [7, 11) is 0. The predicted molar refractivity (Wildman–Crippen MR) is 126 cm³/mol. The van der Waals surface area contributed by atoms with Crippen molar-refractivity contribution in [3.63, 3.8) is 0 Å².